The first kappa shape index (κ1) is 21.0. The van der Waals surface area contributed by atoms with Gasteiger partial charge in [-0.05, 0) is 55.8 Å². The summed E-state index contributed by atoms with van der Waals surface area (Å²) in [5, 5.41) is 3.33. The van der Waals surface area contributed by atoms with Crippen molar-refractivity contribution < 1.29 is 13.6 Å². The number of nitrogens with one attached hydrogen (secondary N) is 1. The molecule has 0 amide bonds. The van der Waals surface area contributed by atoms with Crippen LogP contribution in [0.3, 0.4) is 0 Å². The first-order valence-electron chi connectivity index (χ1n) is 8.57. The summed E-state index contributed by atoms with van der Waals surface area (Å²) in [7, 11) is 0.564. The molecule has 0 aliphatic rings. The van der Waals surface area contributed by atoms with E-state index < -0.39 is 13.4 Å². The number of anilines is 2. The van der Waals surface area contributed by atoms with Crippen LogP contribution >= 0.6 is 23.5 Å². The molecule has 0 saturated carbocycles. The van der Waals surface area contributed by atoms with Crippen molar-refractivity contribution >= 4 is 34.9 Å². The molecule has 7 heteroatoms. The molecule has 0 unspecified atom stereocenters. The van der Waals surface area contributed by atoms with E-state index >= 15 is 0 Å². The lowest BCUT2D eigenvalue weighted by molar-refractivity contribution is 0.214. The van der Waals surface area contributed by atoms with Gasteiger partial charge >= 0.3 is 7.60 Å². The van der Waals surface area contributed by atoms with Crippen molar-refractivity contribution in [3.05, 3.63) is 58.6 Å². The van der Waals surface area contributed by atoms with Crippen molar-refractivity contribution in [2.45, 2.75) is 19.6 Å². The number of nitrogens with zero attached hydrogens (tertiary/aromatic N) is 1. The van der Waals surface area contributed by atoms with Gasteiger partial charge in [-0.3, -0.25) is 4.57 Å². The fourth-order valence-electron chi connectivity index (χ4n) is 2.55. The highest BCUT2D eigenvalue weighted by molar-refractivity contribution is 9.10. The Morgan fingerprint density at radius 2 is 1.54 bits per heavy atom. The number of rotatable bonds is 9. The molecule has 2 aromatic rings. The lowest BCUT2D eigenvalue weighted by Crippen LogP contribution is -2.16. The largest absolute Gasteiger partial charge is 0.378 e. The molecule has 0 fully saturated rings. The highest BCUT2D eigenvalue weighted by Crippen LogP contribution is 2.60. The second kappa shape index (κ2) is 9.56. The molecule has 1 atom stereocenters. The first-order chi connectivity index (χ1) is 12.4. The number of benzene rings is 2. The molecule has 0 radical (unpaired) electrons. The molecule has 1 N–H and O–H groups in total. The van der Waals surface area contributed by atoms with E-state index in [9.17, 15) is 4.57 Å². The van der Waals surface area contributed by atoms with E-state index in [0.29, 0.717) is 13.2 Å². The second-order valence-electron chi connectivity index (χ2n) is 5.92. The van der Waals surface area contributed by atoms with Crippen molar-refractivity contribution in [2.24, 2.45) is 0 Å². The summed E-state index contributed by atoms with van der Waals surface area (Å²) in [6, 6.07) is 15.6. The van der Waals surface area contributed by atoms with E-state index in [0.717, 1.165) is 21.4 Å². The second-order valence-corrected chi connectivity index (χ2v) is 8.94. The van der Waals surface area contributed by atoms with Gasteiger partial charge in [-0.2, -0.15) is 0 Å². The van der Waals surface area contributed by atoms with Gasteiger partial charge in [0.25, 0.3) is 0 Å². The van der Waals surface area contributed by atoms with Crippen molar-refractivity contribution in [3.8, 4) is 0 Å². The Kier molecular flexibility index (Phi) is 7.71. The van der Waals surface area contributed by atoms with E-state index in [1.807, 2.05) is 81.4 Å². The molecule has 0 heterocycles. The molecule has 0 spiro atoms. The van der Waals surface area contributed by atoms with E-state index in [1.54, 1.807) is 0 Å². The van der Waals surface area contributed by atoms with Gasteiger partial charge in [-0.1, -0.05) is 28.1 Å². The third-order valence-corrected chi connectivity index (χ3v) is 6.63. The maximum absolute atomic E-state index is 13.5. The Bertz CT molecular complexity index is 725. The van der Waals surface area contributed by atoms with Crippen molar-refractivity contribution in [3.63, 3.8) is 0 Å². The first-order valence-corrected chi connectivity index (χ1v) is 11.0. The third kappa shape index (κ3) is 5.34. The molecule has 26 heavy (non-hydrogen) atoms. The molecular weight excluding hydrogens is 415 g/mol. The molecule has 0 bridgehead atoms. The quantitative estimate of drug-likeness (QED) is 0.492. The zero-order chi connectivity index (χ0) is 19.2. The third-order valence-electron chi connectivity index (χ3n) is 3.81. The van der Waals surface area contributed by atoms with Crippen LogP contribution in [-0.4, -0.2) is 27.3 Å². The van der Waals surface area contributed by atoms with E-state index in [4.69, 9.17) is 9.05 Å². The minimum absolute atomic E-state index is 0.311. The number of halogens is 1. The van der Waals surface area contributed by atoms with Gasteiger partial charge in [0, 0.05) is 29.9 Å². The van der Waals surface area contributed by atoms with Crippen LogP contribution in [0, 0.1) is 0 Å². The monoisotopic (exact) mass is 440 g/mol. The normalized spacial score (nSPS) is 12.7. The Hall–Kier alpha value is -1.33. The van der Waals surface area contributed by atoms with Gasteiger partial charge in [0.05, 0.1) is 13.2 Å². The van der Waals surface area contributed by atoms with Gasteiger partial charge in [-0.25, -0.2) is 0 Å². The van der Waals surface area contributed by atoms with Crippen molar-refractivity contribution in [1.29, 1.82) is 0 Å². The summed E-state index contributed by atoms with van der Waals surface area (Å²) < 4.78 is 25.7. The zero-order valence-corrected chi connectivity index (χ0v) is 18.1. The summed E-state index contributed by atoms with van der Waals surface area (Å²) >= 11 is 3.43. The highest BCUT2D eigenvalue weighted by atomic mass is 79.9. The minimum atomic E-state index is -3.40. The maximum atomic E-state index is 13.5. The summed E-state index contributed by atoms with van der Waals surface area (Å²) in [6.45, 7) is 4.26. The summed E-state index contributed by atoms with van der Waals surface area (Å²) in [5.74, 6) is -0.597. The van der Waals surface area contributed by atoms with Gasteiger partial charge < -0.3 is 19.3 Å². The molecule has 2 aromatic carbocycles. The topological polar surface area (TPSA) is 50.8 Å². The number of hydrogen-bond acceptors (Lipinski definition) is 5. The van der Waals surface area contributed by atoms with Crippen LogP contribution in [0.4, 0.5) is 11.4 Å². The van der Waals surface area contributed by atoms with Crippen LogP contribution in [0.5, 0.6) is 0 Å². The average molecular weight is 441 g/mol. The lowest BCUT2D eigenvalue weighted by Gasteiger charge is -2.28. The molecule has 0 saturated heterocycles. The standard InChI is InChI=1S/C19H26BrN2O3P/c1-5-24-26(23,25-6-2)19(21-17-11-9-16(20)10-12-17)15-7-13-18(14-8-15)22(3)4/h7-14,19,21H,5-6H2,1-4H3/t19-/m0/s1. The lowest BCUT2D eigenvalue weighted by atomic mass is 10.2. The van der Waals surface area contributed by atoms with Gasteiger partial charge in [0.1, 0.15) is 0 Å². The molecule has 142 valence electrons. The van der Waals surface area contributed by atoms with Crippen LogP contribution in [0.1, 0.15) is 25.2 Å². The number of hydrogen-bond donors (Lipinski definition) is 1. The molecule has 0 aliphatic carbocycles. The summed E-state index contributed by atoms with van der Waals surface area (Å²) in [5.41, 5.74) is 2.76. The van der Waals surface area contributed by atoms with Gasteiger partial charge in [0.15, 0.2) is 5.78 Å². The molecular formula is C19H26BrN2O3P. The van der Waals surface area contributed by atoms with E-state index in [1.165, 1.54) is 0 Å². The molecule has 0 aromatic heterocycles. The maximum Gasteiger partial charge on any atom is 0.357 e. The van der Waals surface area contributed by atoms with Gasteiger partial charge in [-0.15, -0.1) is 0 Å². The fourth-order valence-corrected chi connectivity index (χ4v) is 4.75. The smallest absolute Gasteiger partial charge is 0.357 e. The Morgan fingerprint density at radius 3 is 2.00 bits per heavy atom. The highest BCUT2D eigenvalue weighted by Gasteiger charge is 2.37. The van der Waals surface area contributed by atoms with E-state index in [-0.39, 0.29) is 0 Å². The Labute approximate surface area is 164 Å². The minimum Gasteiger partial charge on any atom is -0.378 e. The van der Waals surface area contributed by atoms with E-state index in [2.05, 4.69) is 21.2 Å². The molecule has 5 nitrogen and oxygen atoms in total. The predicted molar refractivity (Wildman–Crippen MR) is 112 cm³/mol. The van der Waals surface area contributed by atoms with Crippen molar-refractivity contribution in [1.82, 2.24) is 0 Å². The molecule has 0 aliphatic heterocycles. The summed E-state index contributed by atoms with van der Waals surface area (Å²) in [4.78, 5) is 2.02. The molecule has 2 rings (SSSR count). The van der Waals surface area contributed by atoms with Crippen LogP contribution in [0.25, 0.3) is 0 Å². The predicted octanol–water partition coefficient (Wildman–Crippen LogP) is 5.89. The Morgan fingerprint density at radius 1 is 1.00 bits per heavy atom. The Balaban J connectivity index is 2.42. The average Bonchev–Trinajstić information content (AvgIpc) is 2.61. The van der Waals surface area contributed by atoms with Crippen LogP contribution in [0.15, 0.2) is 53.0 Å². The summed E-state index contributed by atoms with van der Waals surface area (Å²) in [6.07, 6.45) is 0. The van der Waals surface area contributed by atoms with Crippen LogP contribution in [-0.2, 0) is 13.6 Å². The van der Waals surface area contributed by atoms with Gasteiger partial charge in [0.2, 0.25) is 0 Å². The van der Waals surface area contributed by atoms with Crippen LogP contribution < -0.4 is 10.2 Å². The van der Waals surface area contributed by atoms with Crippen LogP contribution in [0.2, 0.25) is 0 Å². The zero-order valence-electron chi connectivity index (χ0n) is 15.6. The van der Waals surface area contributed by atoms with Crippen molar-refractivity contribution in [2.75, 3.05) is 37.5 Å². The fraction of sp³-hybridized carbons (Fsp3) is 0.368. The SMILES string of the molecule is CCOP(=O)(OCC)[C@H](Nc1ccc(Br)cc1)c1ccc(N(C)C)cc1.